The van der Waals surface area contributed by atoms with Crippen molar-refractivity contribution in [2.75, 3.05) is 12.8 Å². The molecular formula is C16H15Cl2O3P. The van der Waals surface area contributed by atoms with Crippen LogP contribution in [0.5, 0.6) is 0 Å². The van der Waals surface area contributed by atoms with E-state index in [9.17, 15) is 9.36 Å². The Labute approximate surface area is 139 Å². The van der Waals surface area contributed by atoms with Crippen molar-refractivity contribution in [1.29, 1.82) is 0 Å². The Morgan fingerprint density at radius 2 is 1.36 bits per heavy atom. The minimum Gasteiger partial charge on any atom is -0.466 e. The summed E-state index contributed by atoms with van der Waals surface area (Å²) in [5.41, 5.74) is 0. The van der Waals surface area contributed by atoms with Crippen molar-refractivity contribution in [3.05, 3.63) is 58.6 Å². The Kier molecular flexibility index (Phi) is 5.69. The van der Waals surface area contributed by atoms with E-state index in [4.69, 9.17) is 27.9 Å². The molecule has 2 rings (SSSR count). The standard InChI is InChI=1S/C16H15Cl2O3P/c1-2-21-16(19)11-22(20,14-7-3-12(17)4-8-14)15-9-5-13(18)6-10-15/h3-10H,2,11H2,1H3. The monoisotopic (exact) mass is 356 g/mol. The lowest BCUT2D eigenvalue weighted by Crippen LogP contribution is -2.23. The number of hydrogen-bond donors (Lipinski definition) is 0. The third-order valence-electron chi connectivity index (χ3n) is 3.14. The fourth-order valence-corrected chi connectivity index (χ4v) is 4.72. The van der Waals surface area contributed by atoms with Gasteiger partial charge in [0.2, 0.25) is 0 Å². The van der Waals surface area contributed by atoms with Crippen LogP contribution in [-0.4, -0.2) is 18.7 Å². The molecule has 0 aliphatic rings. The molecule has 0 aliphatic carbocycles. The number of halogens is 2. The average Bonchev–Trinajstić information content (AvgIpc) is 2.48. The Morgan fingerprint density at radius 1 is 0.955 bits per heavy atom. The SMILES string of the molecule is CCOC(=O)CP(=O)(c1ccc(Cl)cc1)c1ccc(Cl)cc1. The van der Waals surface area contributed by atoms with Gasteiger partial charge in [-0.3, -0.25) is 4.79 Å². The van der Waals surface area contributed by atoms with E-state index >= 15 is 0 Å². The zero-order chi connectivity index (χ0) is 16.2. The maximum atomic E-state index is 13.5. The summed E-state index contributed by atoms with van der Waals surface area (Å²) in [4.78, 5) is 11.9. The molecule has 0 bridgehead atoms. The third kappa shape index (κ3) is 3.92. The molecular weight excluding hydrogens is 342 g/mol. The zero-order valence-electron chi connectivity index (χ0n) is 12.0. The van der Waals surface area contributed by atoms with E-state index in [0.717, 1.165) is 0 Å². The van der Waals surface area contributed by atoms with Crippen LogP contribution in [0.4, 0.5) is 0 Å². The second-order valence-corrected chi connectivity index (χ2v) is 8.36. The number of hydrogen-bond acceptors (Lipinski definition) is 3. The molecule has 22 heavy (non-hydrogen) atoms. The minimum absolute atomic E-state index is 0.190. The lowest BCUT2D eigenvalue weighted by Gasteiger charge is -2.18. The van der Waals surface area contributed by atoms with E-state index in [0.29, 0.717) is 20.7 Å². The van der Waals surface area contributed by atoms with Crippen molar-refractivity contribution < 1.29 is 14.1 Å². The predicted octanol–water partition coefficient (Wildman–Crippen LogP) is 3.87. The zero-order valence-corrected chi connectivity index (χ0v) is 14.4. The molecule has 0 atom stereocenters. The van der Waals surface area contributed by atoms with E-state index in [-0.39, 0.29) is 12.8 Å². The van der Waals surface area contributed by atoms with Crippen molar-refractivity contribution in [3.63, 3.8) is 0 Å². The normalized spacial score (nSPS) is 11.2. The maximum Gasteiger partial charge on any atom is 0.313 e. The molecule has 0 aliphatic heterocycles. The van der Waals surface area contributed by atoms with Crippen LogP contribution in [0.3, 0.4) is 0 Å². The summed E-state index contributed by atoms with van der Waals surface area (Å²) in [6.45, 7) is 1.97. The smallest absolute Gasteiger partial charge is 0.313 e. The summed E-state index contributed by atoms with van der Waals surface area (Å²) in [5.74, 6) is -0.490. The van der Waals surface area contributed by atoms with Crippen LogP contribution in [0.1, 0.15) is 6.92 Å². The van der Waals surface area contributed by atoms with Gasteiger partial charge in [-0.2, -0.15) is 0 Å². The third-order valence-corrected chi connectivity index (χ3v) is 6.62. The van der Waals surface area contributed by atoms with Crippen LogP contribution in [0, 0.1) is 0 Å². The summed E-state index contributed by atoms with van der Waals surface area (Å²) in [6.07, 6.45) is -0.190. The number of carbonyl (C=O) groups excluding carboxylic acids is 1. The van der Waals surface area contributed by atoms with Gasteiger partial charge in [0.15, 0.2) is 7.14 Å². The van der Waals surface area contributed by atoms with E-state index in [1.54, 1.807) is 55.5 Å². The second-order valence-electron chi connectivity index (χ2n) is 4.66. The van der Waals surface area contributed by atoms with Crippen molar-refractivity contribution in [2.24, 2.45) is 0 Å². The van der Waals surface area contributed by atoms with Crippen LogP contribution >= 0.6 is 30.3 Å². The number of rotatable bonds is 5. The molecule has 6 heteroatoms. The molecule has 0 N–H and O–H groups in total. The van der Waals surface area contributed by atoms with Crippen LogP contribution in [0.15, 0.2) is 48.5 Å². The highest BCUT2D eigenvalue weighted by Gasteiger charge is 2.31. The molecule has 2 aromatic carbocycles. The largest absolute Gasteiger partial charge is 0.466 e. The summed E-state index contributed by atoms with van der Waals surface area (Å²) < 4.78 is 18.5. The molecule has 0 heterocycles. The first-order chi connectivity index (χ1) is 10.5. The topological polar surface area (TPSA) is 43.4 Å². The van der Waals surface area contributed by atoms with Gasteiger partial charge in [-0.05, 0) is 55.5 Å². The van der Waals surface area contributed by atoms with Crippen molar-refractivity contribution in [1.82, 2.24) is 0 Å². The number of esters is 1. The quantitative estimate of drug-likeness (QED) is 0.603. The minimum atomic E-state index is -3.14. The van der Waals surface area contributed by atoms with E-state index in [1.165, 1.54) is 0 Å². The number of ether oxygens (including phenoxy) is 1. The summed E-state index contributed by atoms with van der Waals surface area (Å²) in [7, 11) is -3.14. The first-order valence-electron chi connectivity index (χ1n) is 6.72. The highest BCUT2D eigenvalue weighted by molar-refractivity contribution is 7.79. The second kappa shape index (κ2) is 7.32. The number of carbonyl (C=O) groups is 1. The summed E-state index contributed by atoms with van der Waals surface area (Å²) >= 11 is 11.8. The molecule has 3 nitrogen and oxygen atoms in total. The molecule has 116 valence electrons. The van der Waals surface area contributed by atoms with Gasteiger partial charge < -0.3 is 9.30 Å². The number of benzene rings is 2. The molecule has 0 aromatic heterocycles. The molecule has 0 spiro atoms. The van der Waals surface area contributed by atoms with Gasteiger partial charge in [0.1, 0.15) is 6.16 Å². The molecule has 2 aromatic rings. The fourth-order valence-electron chi connectivity index (χ4n) is 2.08. The first kappa shape index (κ1) is 17.1. The van der Waals surface area contributed by atoms with E-state index in [1.807, 2.05) is 0 Å². The van der Waals surface area contributed by atoms with Gasteiger partial charge >= 0.3 is 5.97 Å². The Bertz CT molecular complexity index is 647. The molecule has 0 fully saturated rings. The average molecular weight is 357 g/mol. The first-order valence-corrected chi connectivity index (χ1v) is 9.37. The van der Waals surface area contributed by atoms with Crippen LogP contribution in [0.2, 0.25) is 10.0 Å². The van der Waals surface area contributed by atoms with Gasteiger partial charge in [-0.15, -0.1) is 0 Å². The van der Waals surface area contributed by atoms with Gasteiger partial charge in [-0.25, -0.2) is 0 Å². The molecule has 0 radical (unpaired) electrons. The van der Waals surface area contributed by atoms with Crippen molar-refractivity contribution >= 4 is 46.9 Å². The van der Waals surface area contributed by atoms with E-state index < -0.39 is 13.1 Å². The molecule has 0 amide bonds. The van der Waals surface area contributed by atoms with Crippen LogP contribution in [0.25, 0.3) is 0 Å². The van der Waals surface area contributed by atoms with Crippen molar-refractivity contribution in [3.8, 4) is 0 Å². The fraction of sp³-hybridized carbons (Fsp3) is 0.188. The van der Waals surface area contributed by atoms with Crippen LogP contribution in [-0.2, 0) is 14.1 Å². The van der Waals surface area contributed by atoms with Gasteiger partial charge in [0, 0.05) is 20.7 Å². The molecule has 0 saturated carbocycles. The molecule has 0 saturated heterocycles. The highest BCUT2D eigenvalue weighted by atomic mass is 35.5. The highest BCUT2D eigenvalue weighted by Crippen LogP contribution is 2.43. The van der Waals surface area contributed by atoms with Crippen molar-refractivity contribution in [2.45, 2.75) is 6.92 Å². The van der Waals surface area contributed by atoms with Gasteiger partial charge in [-0.1, -0.05) is 23.2 Å². The summed E-state index contributed by atoms with van der Waals surface area (Å²) in [5, 5.41) is 2.21. The van der Waals surface area contributed by atoms with Gasteiger partial charge in [0.05, 0.1) is 6.61 Å². The molecule has 0 unspecified atom stereocenters. The lowest BCUT2D eigenvalue weighted by atomic mass is 10.4. The van der Waals surface area contributed by atoms with Gasteiger partial charge in [0.25, 0.3) is 0 Å². The Morgan fingerprint density at radius 3 is 1.73 bits per heavy atom. The Hall–Kier alpha value is -1.28. The lowest BCUT2D eigenvalue weighted by molar-refractivity contribution is -0.139. The van der Waals surface area contributed by atoms with Crippen LogP contribution < -0.4 is 10.6 Å². The Balaban J connectivity index is 2.48. The predicted molar refractivity (Wildman–Crippen MR) is 91.3 cm³/mol. The summed E-state index contributed by atoms with van der Waals surface area (Å²) in [6, 6.07) is 13.3. The van der Waals surface area contributed by atoms with E-state index in [2.05, 4.69) is 0 Å². The maximum absolute atomic E-state index is 13.5.